The topological polar surface area (TPSA) is 187 Å². The molecule has 0 spiro atoms. The predicted molar refractivity (Wildman–Crippen MR) is 248 cm³/mol. The van der Waals surface area contributed by atoms with E-state index in [2.05, 4.69) is 34.9 Å². The van der Waals surface area contributed by atoms with Gasteiger partial charge in [-0.1, -0.05) is 78.9 Å². The van der Waals surface area contributed by atoms with Gasteiger partial charge in [-0.25, -0.2) is 9.59 Å². The molecule has 0 aromatic heterocycles. The molecule has 0 atom stereocenters. The normalized spacial score (nSPS) is 11.9. The summed E-state index contributed by atoms with van der Waals surface area (Å²) in [5, 5.41) is 5.39. The Labute approximate surface area is 395 Å². The third-order valence-corrected chi connectivity index (χ3v) is 9.68. The number of fused-ring (bicyclic) bond motifs is 3. The van der Waals surface area contributed by atoms with Gasteiger partial charge in [-0.05, 0) is 27.8 Å². The fraction of sp³-hybridized carbons (Fsp3) is 0.592. The summed E-state index contributed by atoms with van der Waals surface area (Å²) in [6.07, 6.45) is -0.932. The van der Waals surface area contributed by atoms with Gasteiger partial charge < -0.3 is 76.9 Å². The monoisotopic (exact) mass is 944 g/mol. The number of benzene rings is 3. The second-order valence-corrected chi connectivity index (χ2v) is 14.6. The Hall–Kier alpha value is -4.28. The van der Waals surface area contributed by atoms with E-state index in [4.69, 9.17) is 66.3 Å². The highest BCUT2D eigenvalue weighted by molar-refractivity contribution is 5.79. The van der Waals surface area contributed by atoms with E-state index in [-0.39, 0.29) is 19.1 Å². The van der Waals surface area contributed by atoms with Gasteiger partial charge in [0, 0.05) is 19.0 Å². The lowest BCUT2D eigenvalue weighted by Gasteiger charge is -2.14. The van der Waals surface area contributed by atoms with Crippen molar-refractivity contribution in [3.8, 4) is 11.1 Å². The molecular weight excluding hydrogens is 873 g/mol. The standard InChI is InChI=1S/C49H72N2O16/c52-48(66-40-42-8-2-1-3-9-42)50-14-16-54-18-20-56-22-24-58-26-28-60-30-32-62-34-36-64-38-39-65-37-35-63-33-31-61-29-27-59-25-23-57-21-19-55-17-15-51-49(53)67-41-47-45-12-6-4-10-43(45)44-11-5-7-13-46(44)47/h1-13,47H,14-41H2,(H,50,52)(H,51,53). The molecule has 0 aliphatic heterocycles. The van der Waals surface area contributed by atoms with Crippen molar-refractivity contribution in [3.63, 3.8) is 0 Å². The summed E-state index contributed by atoms with van der Waals surface area (Å²) in [6.45, 7) is 12.2. The number of alkyl carbamates (subject to hydrolysis) is 2. The number of ether oxygens (including phenoxy) is 14. The minimum Gasteiger partial charge on any atom is -0.449 e. The molecule has 18 heteroatoms. The van der Waals surface area contributed by atoms with Crippen LogP contribution in [-0.4, -0.2) is 190 Å². The molecule has 0 radical (unpaired) electrons. The van der Waals surface area contributed by atoms with Crippen molar-refractivity contribution in [1.82, 2.24) is 10.6 Å². The van der Waals surface area contributed by atoms with Gasteiger partial charge in [0.05, 0.1) is 159 Å². The van der Waals surface area contributed by atoms with Crippen molar-refractivity contribution >= 4 is 12.2 Å². The van der Waals surface area contributed by atoms with Crippen molar-refractivity contribution in [1.29, 1.82) is 0 Å². The van der Waals surface area contributed by atoms with Crippen LogP contribution >= 0.6 is 0 Å². The van der Waals surface area contributed by atoms with Gasteiger partial charge in [0.1, 0.15) is 13.2 Å². The van der Waals surface area contributed by atoms with Crippen molar-refractivity contribution in [2.45, 2.75) is 12.5 Å². The number of rotatable bonds is 43. The lowest BCUT2D eigenvalue weighted by atomic mass is 9.98. The minimum atomic E-state index is -0.474. The summed E-state index contributed by atoms with van der Waals surface area (Å²) in [4.78, 5) is 24.0. The molecule has 1 aliphatic rings. The third kappa shape index (κ3) is 26.7. The molecule has 0 saturated carbocycles. The van der Waals surface area contributed by atoms with Crippen molar-refractivity contribution in [2.24, 2.45) is 0 Å². The van der Waals surface area contributed by atoms with Crippen LogP contribution in [0.1, 0.15) is 22.6 Å². The lowest BCUT2D eigenvalue weighted by Crippen LogP contribution is -2.29. The first-order valence-electron chi connectivity index (χ1n) is 23.2. The van der Waals surface area contributed by atoms with E-state index in [9.17, 15) is 9.59 Å². The smallest absolute Gasteiger partial charge is 0.407 e. The van der Waals surface area contributed by atoms with Gasteiger partial charge in [0.15, 0.2) is 0 Å². The Morgan fingerprint density at radius 1 is 0.343 bits per heavy atom. The van der Waals surface area contributed by atoms with E-state index in [1.165, 1.54) is 22.3 Å². The molecule has 2 amide bonds. The number of hydrogen-bond donors (Lipinski definition) is 2. The zero-order valence-electron chi connectivity index (χ0n) is 38.9. The van der Waals surface area contributed by atoms with Gasteiger partial charge >= 0.3 is 12.2 Å². The van der Waals surface area contributed by atoms with Crippen LogP contribution in [0.3, 0.4) is 0 Å². The van der Waals surface area contributed by atoms with E-state index in [1.807, 2.05) is 54.6 Å². The Kier molecular flexibility index (Phi) is 31.9. The van der Waals surface area contributed by atoms with E-state index in [0.717, 1.165) is 5.56 Å². The van der Waals surface area contributed by atoms with Crippen molar-refractivity contribution in [3.05, 3.63) is 95.6 Å². The van der Waals surface area contributed by atoms with Gasteiger partial charge in [-0.2, -0.15) is 0 Å². The van der Waals surface area contributed by atoms with Crippen LogP contribution in [0.4, 0.5) is 9.59 Å². The van der Waals surface area contributed by atoms with Crippen LogP contribution in [0.15, 0.2) is 78.9 Å². The van der Waals surface area contributed by atoms with Gasteiger partial charge in [0.2, 0.25) is 0 Å². The lowest BCUT2D eigenvalue weighted by molar-refractivity contribution is -0.0283. The summed E-state index contributed by atoms with van der Waals surface area (Å²) in [6, 6.07) is 26.0. The van der Waals surface area contributed by atoms with Gasteiger partial charge in [-0.15, -0.1) is 0 Å². The maximum atomic E-state index is 12.3. The second kappa shape index (κ2) is 38.7. The molecule has 4 rings (SSSR count). The second-order valence-electron chi connectivity index (χ2n) is 14.6. The Balaban J connectivity index is 0.747. The van der Waals surface area contributed by atoms with Crippen molar-refractivity contribution in [2.75, 3.05) is 178 Å². The first-order chi connectivity index (χ1) is 33.2. The fourth-order valence-electron chi connectivity index (χ4n) is 6.40. The average molecular weight is 945 g/mol. The third-order valence-electron chi connectivity index (χ3n) is 9.68. The average Bonchev–Trinajstić information content (AvgIpc) is 3.68. The highest BCUT2D eigenvalue weighted by atomic mass is 16.6. The highest BCUT2D eigenvalue weighted by Crippen LogP contribution is 2.44. The molecular formula is C49H72N2O16. The summed E-state index contributed by atoms with van der Waals surface area (Å²) in [5.74, 6) is 0.0303. The Bertz CT molecular complexity index is 1630. The van der Waals surface area contributed by atoms with E-state index in [0.29, 0.717) is 172 Å². The zero-order valence-corrected chi connectivity index (χ0v) is 38.9. The molecule has 0 saturated heterocycles. The number of carbonyl (C=O) groups excluding carboxylic acids is 2. The van der Waals surface area contributed by atoms with Crippen LogP contribution in [0.25, 0.3) is 11.1 Å². The SMILES string of the molecule is O=C(NCCOCCOCCOCCOCCOCCOCCOCCOCCOCCOCCOCCOCCNC(=O)OCC1c2ccccc2-c2ccccc21)OCc1ccccc1. The van der Waals surface area contributed by atoms with Crippen LogP contribution in [-0.2, 0) is 72.9 Å². The molecule has 1 aliphatic carbocycles. The number of nitrogens with one attached hydrogen (secondary N) is 2. The maximum Gasteiger partial charge on any atom is 0.407 e. The molecule has 67 heavy (non-hydrogen) atoms. The van der Waals surface area contributed by atoms with Crippen molar-refractivity contribution < 1.29 is 75.9 Å². The van der Waals surface area contributed by atoms with E-state index in [1.54, 1.807) is 0 Å². The molecule has 374 valence electrons. The molecule has 0 heterocycles. The van der Waals surface area contributed by atoms with E-state index >= 15 is 0 Å². The summed E-state index contributed by atoms with van der Waals surface area (Å²) >= 11 is 0. The van der Waals surface area contributed by atoms with Gasteiger partial charge in [0.25, 0.3) is 0 Å². The predicted octanol–water partition coefficient (Wildman–Crippen LogP) is 4.65. The first-order valence-corrected chi connectivity index (χ1v) is 23.2. The summed E-state index contributed by atoms with van der Waals surface area (Å²) in [5.41, 5.74) is 5.69. The molecule has 0 bridgehead atoms. The van der Waals surface area contributed by atoms with Crippen LogP contribution < -0.4 is 10.6 Å². The summed E-state index contributed by atoms with van der Waals surface area (Å²) in [7, 11) is 0. The molecule has 2 N–H and O–H groups in total. The quantitative estimate of drug-likeness (QED) is 0.0746. The zero-order chi connectivity index (χ0) is 46.9. The largest absolute Gasteiger partial charge is 0.449 e. The molecule has 3 aromatic rings. The number of amides is 2. The molecule has 0 unspecified atom stereocenters. The Morgan fingerprint density at radius 2 is 0.627 bits per heavy atom. The van der Waals surface area contributed by atoms with Crippen LogP contribution in [0, 0.1) is 0 Å². The van der Waals surface area contributed by atoms with Crippen LogP contribution in [0.5, 0.6) is 0 Å². The van der Waals surface area contributed by atoms with Crippen LogP contribution in [0.2, 0.25) is 0 Å². The molecule has 18 nitrogen and oxygen atoms in total. The molecule has 3 aromatic carbocycles. The molecule has 0 fully saturated rings. The maximum absolute atomic E-state index is 12.3. The highest BCUT2D eigenvalue weighted by Gasteiger charge is 2.29. The Morgan fingerprint density at radius 3 is 0.970 bits per heavy atom. The first kappa shape index (κ1) is 55.3. The minimum absolute atomic E-state index is 0.0303. The summed E-state index contributed by atoms with van der Waals surface area (Å²) < 4.78 is 76.7. The van der Waals surface area contributed by atoms with Gasteiger partial charge in [-0.3, -0.25) is 0 Å². The fourth-order valence-corrected chi connectivity index (χ4v) is 6.40. The van der Waals surface area contributed by atoms with E-state index < -0.39 is 12.2 Å². The number of carbonyl (C=O) groups is 2. The number of hydrogen-bond acceptors (Lipinski definition) is 16.